The summed E-state index contributed by atoms with van der Waals surface area (Å²) in [6, 6.07) is 2.08. The molecule has 0 amide bonds. The summed E-state index contributed by atoms with van der Waals surface area (Å²) < 4.78 is 12.9. The Kier molecular flexibility index (Phi) is 4.23. The van der Waals surface area contributed by atoms with E-state index in [0.29, 0.717) is 16.4 Å². The fourth-order valence-corrected chi connectivity index (χ4v) is 3.57. The molecule has 0 radical (unpaired) electrons. The van der Waals surface area contributed by atoms with Gasteiger partial charge in [0.25, 0.3) is 0 Å². The minimum atomic E-state index is -1.64. The molecule has 9 nitrogen and oxygen atoms in total. The van der Waals surface area contributed by atoms with Crippen molar-refractivity contribution in [2.24, 2.45) is 5.41 Å². The van der Waals surface area contributed by atoms with Crippen molar-refractivity contribution in [3.8, 4) is 6.07 Å². The Labute approximate surface area is 142 Å². The van der Waals surface area contributed by atoms with Crippen LogP contribution in [0.4, 0.5) is 0 Å². The molecule has 128 valence electrons. The first kappa shape index (κ1) is 17.1. The summed E-state index contributed by atoms with van der Waals surface area (Å²) in [6.45, 7) is 1.07. The van der Waals surface area contributed by atoms with Crippen molar-refractivity contribution >= 4 is 17.4 Å². The van der Waals surface area contributed by atoms with Crippen LogP contribution >= 0.6 is 11.8 Å². The molecule has 10 heteroatoms. The average molecular weight is 351 g/mol. The van der Waals surface area contributed by atoms with Gasteiger partial charge >= 0.3 is 0 Å². The molecule has 1 aliphatic rings. The molecule has 2 N–H and O–H groups in total. The van der Waals surface area contributed by atoms with Gasteiger partial charge in [-0.2, -0.15) is 10.4 Å². The molecule has 3 heterocycles. The molecule has 0 aromatic carbocycles. The lowest BCUT2D eigenvalue weighted by molar-refractivity contribution is -0.259. The van der Waals surface area contributed by atoms with Crippen molar-refractivity contribution in [3.63, 3.8) is 0 Å². The maximum Gasteiger partial charge on any atom is 0.235 e. The third-order valence-corrected chi connectivity index (χ3v) is 5.12. The molecule has 0 saturated carbocycles. The first-order chi connectivity index (χ1) is 11.5. The van der Waals surface area contributed by atoms with Crippen molar-refractivity contribution in [1.29, 1.82) is 5.26 Å². The standard InChI is InChI=1S/C14H17N5O4S/c1-13(6-15)10(21)8(5-20)23-14(13,22-2)9-4-16-11-12(24-3)17-7-18-19(9)11/h4,7-8,10,20-21H,5H2,1-3H3. The van der Waals surface area contributed by atoms with Crippen LogP contribution in [-0.4, -0.2) is 62.0 Å². The molecule has 0 bridgehead atoms. The second kappa shape index (κ2) is 5.94. The molecule has 4 atom stereocenters. The van der Waals surface area contributed by atoms with Gasteiger partial charge < -0.3 is 19.7 Å². The predicted molar refractivity (Wildman–Crippen MR) is 82.9 cm³/mol. The third-order valence-electron chi connectivity index (χ3n) is 4.45. The molecule has 1 saturated heterocycles. The highest BCUT2D eigenvalue weighted by molar-refractivity contribution is 7.98. The molecule has 2 aromatic rings. The maximum atomic E-state index is 10.5. The fraction of sp³-hybridized carbons (Fsp3) is 0.571. The van der Waals surface area contributed by atoms with Crippen LogP contribution in [-0.2, 0) is 15.3 Å². The average Bonchev–Trinajstić information content (AvgIpc) is 3.14. The van der Waals surface area contributed by atoms with Crippen molar-refractivity contribution in [2.75, 3.05) is 20.0 Å². The SMILES string of the molecule is COC1(c2cnc3c(SC)ncnn23)OC(CO)C(O)C1(C)C#N. The van der Waals surface area contributed by atoms with Crippen molar-refractivity contribution in [3.05, 3.63) is 18.2 Å². The number of rotatable bonds is 4. The van der Waals surface area contributed by atoms with Gasteiger partial charge in [-0.3, -0.25) is 0 Å². The molecule has 1 aliphatic heterocycles. The summed E-state index contributed by atoms with van der Waals surface area (Å²) in [7, 11) is 1.37. The lowest BCUT2D eigenvalue weighted by Gasteiger charge is -2.36. The number of nitriles is 1. The smallest absolute Gasteiger partial charge is 0.235 e. The highest BCUT2D eigenvalue weighted by Gasteiger charge is 2.66. The Bertz CT molecular complexity index is 808. The first-order valence-electron chi connectivity index (χ1n) is 7.15. The molecular formula is C14H17N5O4S. The van der Waals surface area contributed by atoms with E-state index in [1.165, 1.54) is 42.8 Å². The second-order valence-corrected chi connectivity index (χ2v) is 6.36. The monoisotopic (exact) mass is 351 g/mol. The molecule has 2 aromatic heterocycles. The molecule has 0 spiro atoms. The number of hydrogen-bond acceptors (Lipinski definition) is 9. The fourth-order valence-electron chi connectivity index (χ4n) is 3.10. The van der Waals surface area contributed by atoms with E-state index in [-0.39, 0.29) is 0 Å². The number of hydrogen-bond donors (Lipinski definition) is 2. The zero-order valence-electron chi connectivity index (χ0n) is 13.4. The zero-order valence-corrected chi connectivity index (χ0v) is 14.2. The van der Waals surface area contributed by atoms with Crippen molar-refractivity contribution in [1.82, 2.24) is 19.6 Å². The van der Waals surface area contributed by atoms with E-state index in [0.717, 1.165) is 0 Å². The number of thioether (sulfide) groups is 1. The number of methoxy groups -OCH3 is 1. The Hall–Kier alpha value is -1.77. The van der Waals surface area contributed by atoms with Gasteiger partial charge in [0.15, 0.2) is 5.65 Å². The van der Waals surface area contributed by atoms with Gasteiger partial charge in [0.2, 0.25) is 5.79 Å². The first-order valence-corrected chi connectivity index (χ1v) is 8.38. The van der Waals surface area contributed by atoms with Crippen LogP contribution in [0.1, 0.15) is 12.6 Å². The van der Waals surface area contributed by atoms with Gasteiger partial charge in [0.1, 0.15) is 34.7 Å². The number of aliphatic hydroxyl groups is 2. The van der Waals surface area contributed by atoms with E-state index in [1.807, 2.05) is 6.26 Å². The van der Waals surface area contributed by atoms with E-state index < -0.39 is 30.0 Å². The molecule has 1 fully saturated rings. The van der Waals surface area contributed by atoms with E-state index >= 15 is 0 Å². The van der Waals surface area contributed by atoms with Crippen molar-refractivity contribution in [2.45, 2.75) is 29.9 Å². The Balaban J connectivity index is 2.27. The number of imidazole rings is 1. The van der Waals surface area contributed by atoms with Gasteiger partial charge in [-0.1, -0.05) is 0 Å². The van der Waals surface area contributed by atoms with E-state index in [9.17, 15) is 15.5 Å². The molecule has 3 rings (SSSR count). The normalized spacial score (nSPS) is 33.0. The van der Waals surface area contributed by atoms with E-state index in [2.05, 4.69) is 21.1 Å². The number of ether oxygens (including phenoxy) is 2. The largest absolute Gasteiger partial charge is 0.394 e. The molecule has 4 unspecified atom stereocenters. The summed E-state index contributed by atoms with van der Waals surface area (Å²) in [5, 5.41) is 34.5. The van der Waals surface area contributed by atoms with Gasteiger partial charge in [0, 0.05) is 7.11 Å². The van der Waals surface area contributed by atoms with Crippen LogP contribution in [0.3, 0.4) is 0 Å². The molecular weight excluding hydrogens is 334 g/mol. The van der Waals surface area contributed by atoms with Crippen LogP contribution in [0.25, 0.3) is 5.65 Å². The third kappa shape index (κ3) is 2.00. The summed E-state index contributed by atoms with van der Waals surface area (Å²) in [5.41, 5.74) is -0.644. The minimum Gasteiger partial charge on any atom is -0.394 e. The number of aliphatic hydroxyl groups excluding tert-OH is 2. The quantitative estimate of drug-likeness (QED) is 0.728. The zero-order chi connectivity index (χ0) is 17.5. The highest BCUT2D eigenvalue weighted by Crippen LogP contribution is 2.53. The number of nitrogens with zero attached hydrogens (tertiary/aromatic N) is 5. The summed E-state index contributed by atoms with van der Waals surface area (Å²) in [5.74, 6) is -1.64. The maximum absolute atomic E-state index is 10.5. The summed E-state index contributed by atoms with van der Waals surface area (Å²) in [4.78, 5) is 8.46. The van der Waals surface area contributed by atoms with E-state index in [4.69, 9.17) is 9.47 Å². The molecule has 24 heavy (non-hydrogen) atoms. The van der Waals surface area contributed by atoms with Gasteiger partial charge in [0.05, 0.1) is 18.9 Å². The Morgan fingerprint density at radius 1 is 1.54 bits per heavy atom. The highest BCUT2D eigenvalue weighted by atomic mass is 32.2. The van der Waals surface area contributed by atoms with Gasteiger partial charge in [-0.15, -0.1) is 11.8 Å². The van der Waals surface area contributed by atoms with Crippen LogP contribution in [0.15, 0.2) is 17.6 Å². The van der Waals surface area contributed by atoms with Crippen LogP contribution in [0, 0.1) is 16.7 Å². The lowest BCUT2D eigenvalue weighted by Crippen LogP contribution is -2.47. The van der Waals surface area contributed by atoms with E-state index in [1.54, 1.807) is 0 Å². The topological polar surface area (TPSA) is 126 Å². The van der Waals surface area contributed by atoms with Crippen LogP contribution in [0.2, 0.25) is 0 Å². The second-order valence-electron chi connectivity index (χ2n) is 5.57. The summed E-state index contributed by atoms with van der Waals surface area (Å²) in [6.07, 6.45) is 2.49. The predicted octanol–water partition coefficient (Wildman–Crippen LogP) is -0.0727. The van der Waals surface area contributed by atoms with Crippen LogP contribution < -0.4 is 0 Å². The Morgan fingerprint density at radius 3 is 2.88 bits per heavy atom. The number of fused-ring (bicyclic) bond motifs is 1. The molecule has 0 aliphatic carbocycles. The van der Waals surface area contributed by atoms with Crippen LogP contribution in [0.5, 0.6) is 0 Å². The minimum absolute atomic E-state index is 0.344. The van der Waals surface area contributed by atoms with Gasteiger partial charge in [-0.05, 0) is 13.2 Å². The Morgan fingerprint density at radius 2 is 2.29 bits per heavy atom. The lowest BCUT2D eigenvalue weighted by atomic mass is 9.77. The van der Waals surface area contributed by atoms with Gasteiger partial charge in [-0.25, -0.2) is 14.5 Å². The van der Waals surface area contributed by atoms with Crippen molar-refractivity contribution < 1.29 is 19.7 Å². The number of aromatic nitrogens is 4. The summed E-state index contributed by atoms with van der Waals surface area (Å²) >= 11 is 1.40.